The van der Waals surface area contributed by atoms with Crippen molar-refractivity contribution in [1.82, 2.24) is 4.90 Å². The van der Waals surface area contributed by atoms with Crippen LogP contribution in [0, 0.1) is 0 Å². The van der Waals surface area contributed by atoms with Crippen molar-refractivity contribution in [2.24, 2.45) is 5.73 Å². The van der Waals surface area contributed by atoms with Crippen LogP contribution in [-0.2, 0) is 6.54 Å². The Hall–Kier alpha value is 0.200. The summed E-state index contributed by atoms with van der Waals surface area (Å²) in [6.07, 6.45) is 2.16. The van der Waals surface area contributed by atoms with Crippen molar-refractivity contribution in [3.63, 3.8) is 0 Å². The van der Waals surface area contributed by atoms with Gasteiger partial charge >= 0.3 is 0 Å². The zero-order valence-electron chi connectivity index (χ0n) is 8.38. The number of nitrogens with two attached hydrogens (primary N) is 1. The average Bonchev–Trinajstić information content (AvgIpc) is 2.53. The largest absolute Gasteiger partial charge is 0.328 e. The first-order chi connectivity index (χ1) is 7.16. The molecule has 1 aliphatic heterocycles. The third-order valence-electron chi connectivity index (χ3n) is 2.79. The number of rotatable bonds is 2. The second kappa shape index (κ2) is 5.02. The molecule has 5 heteroatoms. The number of thiophene rings is 1. The molecule has 2 rings (SSSR count). The first-order valence-electron chi connectivity index (χ1n) is 5.06. The molecular formula is C10H14Cl2N2S. The monoisotopic (exact) mass is 264 g/mol. The second-order valence-corrected chi connectivity index (χ2v) is 5.82. The summed E-state index contributed by atoms with van der Waals surface area (Å²) in [4.78, 5) is 2.38. The summed E-state index contributed by atoms with van der Waals surface area (Å²) in [6, 6.07) is 0.378. The van der Waals surface area contributed by atoms with Gasteiger partial charge in [-0.3, -0.25) is 4.90 Å². The molecule has 2 N–H and O–H groups in total. The Morgan fingerprint density at radius 2 is 2.07 bits per heavy atom. The predicted molar refractivity (Wildman–Crippen MR) is 66.8 cm³/mol. The summed E-state index contributed by atoms with van der Waals surface area (Å²) in [5, 5.41) is 2.76. The third-order valence-corrected chi connectivity index (χ3v) is 4.70. The van der Waals surface area contributed by atoms with Crippen molar-refractivity contribution in [2.75, 3.05) is 13.1 Å². The van der Waals surface area contributed by atoms with Crippen LogP contribution in [0.1, 0.15) is 18.4 Å². The Morgan fingerprint density at radius 1 is 1.40 bits per heavy atom. The van der Waals surface area contributed by atoms with Crippen molar-refractivity contribution < 1.29 is 0 Å². The molecule has 0 spiro atoms. The maximum absolute atomic E-state index is 6.08. The summed E-state index contributed by atoms with van der Waals surface area (Å²) < 4.78 is 0.695. The molecule has 0 atom stereocenters. The van der Waals surface area contributed by atoms with Gasteiger partial charge in [-0.05, 0) is 36.9 Å². The molecule has 0 unspecified atom stereocenters. The minimum Gasteiger partial charge on any atom is -0.328 e. The average molecular weight is 265 g/mol. The van der Waals surface area contributed by atoms with Gasteiger partial charge in [0.2, 0.25) is 0 Å². The Balaban J connectivity index is 1.94. The van der Waals surface area contributed by atoms with E-state index in [4.69, 9.17) is 28.9 Å². The number of piperidine rings is 1. The summed E-state index contributed by atoms with van der Waals surface area (Å²) in [6.45, 7) is 3.02. The lowest BCUT2D eigenvalue weighted by molar-refractivity contribution is 0.206. The molecule has 2 nitrogen and oxygen atoms in total. The minimum atomic E-state index is 0.378. The number of halogens is 2. The van der Waals surface area contributed by atoms with Gasteiger partial charge < -0.3 is 5.73 Å². The van der Waals surface area contributed by atoms with E-state index < -0.39 is 0 Å². The van der Waals surface area contributed by atoms with Gasteiger partial charge in [-0.15, -0.1) is 11.3 Å². The Bertz CT molecular complexity index is 332. The smallest absolute Gasteiger partial charge is 0.112 e. The molecule has 1 aromatic rings. The number of likely N-dealkylation sites (tertiary alicyclic amines) is 1. The van der Waals surface area contributed by atoms with Crippen molar-refractivity contribution in [2.45, 2.75) is 25.4 Å². The first kappa shape index (κ1) is 11.7. The van der Waals surface area contributed by atoms with Crippen LogP contribution in [0.25, 0.3) is 0 Å². The van der Waals surface area contributed by atoms with Gasteiger partial charge in [0.05, 0.1) is 5.02 Å². The predicted octanol–water partition coefficient (Wildman–Crippen LogP) is 2.98. The van der Waals surface area contributed by atoms with Crippen LogP contribution < -0.4 is 5.73 Å². The van der Waals surface area contributed by atoms with Crippen LogP contribution in [0.2, 0.25) is 9.36 Å². The molecule has 0 radical (unpaired) electrons. The zero-order chi connectivity index (χ0) is 10.8. The fourth-order valence-electron chi connectivity index (χ4n) is 1.81. The van der Waals surface area contributed by atoms with Crippen LogP contribution >= 0.6 is 34.5 Å². The molecule has 1 aromatic heterocycles. The van der Waals surface area contributed by atoms with E-state index in [0.29, 0.717) is 10.4 Å². The van der Waals surface area contributed by atoms with Gasteiger partial charge in [0.25, 0.3) is 0 Å². The summed E-state index contributed by atoms with van der Waals surface area (Å²) >= 11 is 13.5. The SMILES string of the molecule is NC1CCN(Cc2csc(Cl)c2Cl)CC1. The van der Waals surface area contributed by atoms with Crippen molar-refractivity contribution in [3.8, 4) is 0 Å². The third kappa shape index (κ3) is 2.86. The second-order valence-electron chi connectivity index (χ2n) is 3.96. The normalized spacial score (nSPS) is 19.7. The van der Waals surface area contributed by atoms with Crippen molar-refractivity contribution >= 4 is 34.5 Å². The van der Waals surface area contributed by atoms with Crippen LogP contribution in [0.5, 0.6) is 0 Å². The minimum absolute atomic E-state index is 0.378. The van der Waals surface area contributed by atoms with E-state index in [9.17, 15) is 0 Å². The Labute approximate surface area is 104 Å². The number of nitrogens with zero attached hydrogens (tertiary/aromatic N) is 1. The maximum Gasteiger partial charge on any atom is 0.112 e. The molecule has 0 amide bonds. The molecule has 15 heavy (non-hydrogen) atoms. The Kier molecular flexibility index (Phi) is 3.91. The van der Waals surface area contributed by atoms with Gasteiger partial charge in [0.1, 0.15) is 4.34 Å². The van der Waals surface area contributed by atoms with Crippen LogP contribution in [0.3, 0.4) is 0 Å². The zero-order valence-corrected chi connectivity index (χ0v) is 10.7. The highest BCUT2D eigenvalue weighted by Gasteiger charge is 2.18. The molecule has 84 valence electrons. The van der Waals surface area contributed by atoms with E-state index in [-0.39, 0.29) is 0 Å². The van der Waals surface area contributed by atoms with E-state index in [1.165, 1.54) is 11.3 Å². The molecule has 0 bridgehead atoms. The highest BCUT2D eigenvalue weighted by Crippen LogP contribution is 2.33. The molecule has 1 aliphatic rings. The first-order valence-corrected chi connectivity index (χ1v) is 6.69. The highest BCUT2D eigenvalue weighted by atomic mass is 35.5. The molecule has 0 aliphatic carbocycles. The van der Waals surface area contributed by atoms with Gasteiger partial charge in [-0.25, -0.2) is 0 Å². The van der Waals surface area contributed by atoms with Crippen molar-refractivity contribution in [3.05, 3.63) is 20.3 Å². The molecular weight excluding hydrogens is 251 g/mol. The van der Waals surface area contributed by atoms with E-state index in [2.05, 4.69) is 4.90 Å². The molecule has 1 fully saturated rings. The van der Waals surface area contributed by atoms with Crippen LogP contribution in [0.4, 0.5) is 0 Å². The number of hydrogen-bond acceptors (Lipinski definition) is 3. The maximum atomic E-state index is 6.08. The molecule has 1 saturated heterocycles. The van der Waals surface area contributed by atoms with Crippen LogP contribution in [0.15, 0.2) is 5.38 Å². The topological polar surface area (TPSA) is 29.3 Å². The lowest BCUT2D eigenvalue weighted by Gasteiger charge is -2.29. The highest BCUT2D eigenvalue weighted by molar-refractivity contribution is 7.15. The van der Waals surface area contributed by atoms with E-state index in [1.807, 2.05) is 5.38 Å². The Morgan fingerprint density at radius 3 is 2.60 bits per heavy atom. The standard InChI is InChI=1S/C10H14Cl2N2S/c11-9-7(6-15-10(9)12)5-14-3-1-8(13)2-4-14/h6,8H,1-5,13H2. The quantitative estimate of drug-likeness (QED) is 0.890. The fraction of sp³-hybridized carbons (Fsp3) is 0.600. The van der Waals surface area contributed by atoms with Crippen molar-refractivity contribution in [1.29, 1.82) is 0 Å². The lowest BCUT2D eigenvalue weighted by Crippen LogP contribution is -2.39. The van der Waals surface area contributed by atoms with Gasteiger partial charge in [0, 0.05) is 12.6 Å². The summed E-state index contributed by atoms with van der Waals surface area (Å²) in [5.74, 6) is 0. The van der Waals surface area contributed by atoms with E-state index >= 15 is 0 Å². The van der Waals surface area contributed by atoms with Gasteiger partial charge in [0.15, 0.2) is 0 Å². The van der Waals surface area contributed by atoms with E-state index in [1.54, 1.807) is 0 Å². The summed E-state index contributed by atoms with van der Waals surface area (Å²) in [5.41, 5.74) is 6.99. The fourth-order valence-corrected chi connectivity index (χ4v) is 3.05. The van der Waals surface area contributed by atoms with Crippen LogP contribution in [-0.4, -0.2) is 24.0 Å². The molecule has 0 saturated carbocycles. The van der Waals surface area contributed by atoms with E-state index in [0.717, 1.165) is 43.1 Å². The molecule has 2 heterocycles. The summed E-state index contributed by atoms with van der Waals surface area (Å²) in [7, 11) is 0. The number of hydrogen-bond donors (Lipinski definition) is 1. The lowest BCUT2D eigenvalue weighted by atomic mass is 10.1. The molecule has 0 aromatic carbocycles. The van der Waals surface area contributed by atoms with Gasteiger partial charge in [-0.1, -0.05) is 23.2 Å². The van der Waals surface area contributed by atoms with Gasteiger partial charge in [-0.2, -0.15) is 0 Å².